The third-order valence-electron chi connectivity index (χ3n) is 8.61. The molecule has 2 aliphatic carbocycles. The van der Waals surface area contributed by atoms with Gasteiger partial charge in [-0.1, -0.05) is 0 Å². The summed E-state index contributed by atoms with van der Waals surface area (Å²) in [6, 6.07) is 19.1. The third-order valence-corrected chi connectivity index (χ3v) is 20.8. The Balaban J connectivity index is 0.00000323. The maximum atomic E-state index is 2.72. The molecule has 2 atom stereocenters. The molecule has 236 valence electrons. The minimum absolute atomic E-state index is 0. The van der Waals surface area contributed by atoms with Crippen LogP contribution in [0.3, 0.4) is 0 Å². The number of allylic oxidation sites excluding steroid dienone is 2. The van der Waals surface area contributed by atoms with Crippen LogP contribution in [0.15, 0.2) is 59.2 Å². The molecule has 0 N–H and O–H groups in total. The normalized spacial score (nSPS) is 17.0. The van der Waals surface area contributed by atoms with Gasteiger partial charge < -0.3 is 24.8 Å². The van der Waals surface area contributed by atoms with Gasteiger partial charge in [0.2, 0.25) is 0 Å². The van der Waals surface area contributed by atoms with Crippen LogP contribution in [0.2, 0.25) is 0 Å². The molecule has 4 rings (SSSR count). The van der Waals surface area contributed by atoms with E-state index in [2.05, 4.69) is 102 Å². The maximum absolute atomic E-state index is 2.72. The van der Waals surface area contributed by atoms with Gasteiger partial charge in [0.15, 0.2) is 0 Å². The second-order valence-electron chi connectivity index (χ2n) is 13.2. The van der Waals surface area contributed by atoms with E-state index in [1.54, 1.807) is 22.3 Å². The van der Waals surface area contributed by atoms with Crippen molar-refractivity contribution in [3.8, 4) is 0 Å². The average Bonchev–Trinajstić information content (AvgIpc) is 3.50. The van der Waals surface area contributed by atoms with Gasteiger partial charge in [-0.25, -0.2) is 0 Å². The maximum Gasteiger partial charge on any atom is -1.00 e. The van der Waals surface area contributed by atoms with Gasteiger partial charge in [-0.3, -0.25) is 0 Å². The summed E-state index contributed by atoms with van der Waals surface area (Å²) in [6.07, 6.45) is 22.3. The minimum Gasteiger partial charge on any atom is -1.00 e. The fourth-order valence-electron chi connectivity index (χ4n) is 6.67. The van der Waals surface area contributed by atoms with Gasteiger partial charge >= 0.3 is 269 Å². The SMILES string of the molecule is CCCCCCP(CCCCCC)C1=Cc2ccccc2[CH]1[Zr+2][CH]1C(P(CC(C)C)CC(C)C)=Cc2ccccc21.[Cl-].[Cl-]. The van der Waals surface area contributed by atoms with Crippen molar-refractivity contribution in [1.29, 1.82) is 0 Å². The Morgan fingerprint density at radius 3 is 1.42 bits per heavy atom. The van der Waals surface area contributed by atoms with E-state index >= 15 is 0 Å². The zero-order chi connectivity index (χ0) is 29.2. The Bertz CT molecular complexity index is 1140. The Kier molecular flexibility index (Phi) is 18.8. The summed E-state index contributed by atoms with van der Waals surface area (Å²) < 4.78 is 1.50. The molecule has 43 heavy (non-hydrogen) atoms. The Morgan fingerprint density at radius 2 is 1.00 bits per heavy atom. The fraction of sp³-hybridized carbons (Fsp3) is 0.579. The van der Waals surface area contributed by atoms with Gasteiger partial charge in [0, 0.05) is 0 Å². The predicted octanol–water partition coefficient (Wildman–Crippen LogP) is 6.70. The molecule has 0 aliphatic heterocycles. The van der Waals surface area contributed by atoms with E-state index in [1.807, 2.05) is 10.6 Å². The Morgan fingerprint density at radius 1 is 0.581 bits per heavy atom. The van der Waals surface area contributed by atoms with E-state index in [9.17, 15) is 0 Å². The molecule has 2 aliphatic rings. The first-order valence-corrected chi connectivity index (χ1v) is 23.1. The van der Waals surface area contributed by atoms with Crippen LogP contribution in [-0.4, -0.2) is 24.6 Å². The predicted molar refractivity (Wildman–Crippen MR) is 186 cm³/mol. The summed E-state index contributed by atoms with van der Waals surface area (Å²) in [5.41, 5.74) is 6.50. The molecule has 2 unspecified atom stereocenters. The van der Waals surface area contributed by atoms with E-state index in [0.717, 1.165) is 19.1 Å². The molecular weight excluding hydrogens is 680 g/mol. The molecule has 2 aromatic carbocycles. The number of unbranched alkanes of at least 4 members (excludes halogenated alkanes) is 6. The summed E-state index contributed by atoms with van der Waals surface area (Å²) in [6.45, 7) is 14.5. The largest absolute Gasteiger partial charge is 1.00 e. The molecule has 0 fully saturated rings. The zero-order valence-corrected chi connectivity index (χ0v) is 33.5. The number of halogens is 2. The van der Waals surface area contributed by atoms with Crippen LogP contribution >= 0.6 is 15.8 Å². The van der Waals surface area contributed by atoms with E-state index in [1.165, 1.54) is 76.0 Å². The van der Waals surface area contributed by atoms with Crippen molar-refractivity contribution < 1.29 is 48.0 Å². The van der Waals surface area contributed by atoms with Crippen molar-refractivity contribution in [1.82, 2.24) is 0 Å². The molecular formula is C38H56Cl2P2Zr. The standard InChI is InChI=1S/C21H32P.C17H24P.2ClH.Zr/c1-3-5-7-11-15-22(16-12-8-6-4-2)21-17-19-13-9-10-14-20(19)18-21;1-13(2)11-18(12-14(3)4)17-9-15-7-5-6-8-16(15)10-17;;;/h9-10,13-14,17-18H,3-8,11-12,15-16H2,1-2H3;5-10,13-14H,11-12H2,1-4H3;2*1H;/q;;;;+2/p-2. The monoisotopic (exact) mass is 734 g/mol. The first-order chi connectivity index (χ1) is 19.9. The van der Waals surface area contributed by atoms with Crippen molar-refractivity contribution >= 4 is 28.0 Å². The van der Waals surface area contributed by atoms with Crippen LogP contribution < -0.4 is 24.8 Å². The second-order valence-corrected chi connectivity index (χ2v) is 21.7. The molecule has 0 nitrogen and oxygen atoms in total. The van der Waals surface area contributed by atoms with Crippen LogP contribution in [0.25, 0.3) is 12.2 Å². The number of fused-ring (bicyclic) bond motifs is 2. The molecule has 0 aromatic heterocycles. The summed E-state index contributed by atoms with van der Waals surface area (Å²) in [5.74, 6) is 1.55. The molecule has 0 saturated carbocycles. The van der Waals surface area contributed by atoms with Gasteiger partial charge in [-0.15, -0.1) is 0 Å². The first kappa shape index (κ1) is 39.4. The number of hydrogen-bond acceptors (Lipinski definition) is 0. The van der Waals surface area contributed by atoms with E-state index in [0.29, 0.717) is 0 Å². The van der Waals surface area contributed by atoms with Gasteiger partial charge in [0.05, 0.1) is 0 Å². The van der Waals surface area contributed by atoms with Gasteiger partial charge in [-0.2, -0.15) is 0 Å². The van der Waals surface area contributed by atoms with Crippen LogP contribution in [0.1, 0.15) is 122 Å². The topological polar surface area (TPSA) is 0 Å². The summed E-state index contributed by atoms with van der Waals surface area (Å²) >= 11 is -0.861. The van der Waals surface area contributed by atoms with Crippen molar-refractivity contribution in [2.75, 3.05) is 24.6 Å². The zero-order valence-electron chi connectivity index (χ0n) is 27.7. The van der Waals surface area contributed by atoms with Crippen LogP contribution in [0.4, 0.5) is 0 Å². The van der Waals surface area contributed by atoms with Gasteiger partial charge in [-0.05, 0) is 0 Å². The van der Waals surface area contributed by atoms with Crippen molar-refractivity contribution in [2.24, 2.45) is 11.8 Å². The minimum atomic E-state index is -0.861. The number of rotatable bonds is 18. The second kappa shape index (κ2) is 20.5. The first-order valence-electron chi connectivity index (χ1n) is 16.8. The molecule has 0 saturated heterocycles. The molecule has 2 aromatic rings. The van der Waals surface area contributed by atoms with Crippen LogP contribution in [0, 0.1) is 11.8 Å². The van der Waals surface area contributed by atoms with E-state index in [4.69, 9.17) is 0 Å². The summed E-state index contributed by atoms with van der Waals surface area (Å²) in [4.78, 5) is 0. The molecule has 0 radical (unpaired) electrons. The Hall–Kier alpha value is 0.243. The molecule has 0 heterocycles. The van der Waals surface area contributed by atoms with Gasteiger partial charge in [0.25, 0.3) is 0 Å². The fourth-order valence-corrected chi connectivity index (χ4v) is 20.4. The quantitative estimate of drug-likeness (QED) is 0.118. The average molecular weight is 737 g/mol. The van der Waals surface area contributed by atoms with E-state index < -0.39 is 23.2 Å². The van der Waals surface area contributed by atoms with Crippen molar-refractivity contribution in [3.05, 3.63) is 81.4 Å². The van der Waals surface area contributed by atoms with Crippen LogP contribution in [-0.2, 0) is 23.2 Å². The third kappa shape index (κ3) is 11.2. The summed E-state index contributed by atoms with van der Waals surface area (Å²) in [5, 5.41) is 3.80. The van der Waals surface area contributed by atoms with Crippen molar-refractivity contribution in [2.45, 2.75) is 100 Å². The summed E-state index contributed by atoms with van der Waals surface area (Å²) in [7, 11) is -0.117. The van der Waals surface area contributed by atoms with E-state index in [-0.39, 0.29) is 40.7 Å². The van der Waals surface area contributed by atoms with Crippen LogP contribution in [0.5, 0.6) is 0 Å². The van der Waals surface area contributed by atoms with Crippen molar-refractivity contribution in [3.63, 3.8) is 0 Å². The molecule has 0 amide bonds. The molecule has 5 heteroatoms. The van der Waals surface area contributed by atoms with Gasteiger partial charge in [0.1, 0.15) is 0 Å². The molecule has 0 bridgehead atoms. The Labute approximate surface area is 292 Å². The number of benzene rings is 2. The molecule has 0 spiro atoms. The smallest absolute Gasteiger partial charge is 1.00 e. The number of hydrogen-bond donors (Lipinski definition) is 0.